The van der Waals surface area contributed by atoms with Crippen LogP contribution in [0, 0.1) is 0 Å². The summed E-state index contributed by atoms with van der Waals surface area (Å²) in [6.45, 7) is 0.0482. The number of carboxylic acids is 1. The number of allylic oxidation sites excluding steroid dienone is 2. The third kappa shape index (κ3) is 7.46. The number of aliphatic carboxylic acids is 1. The van der Waals surface area contributed by atoms with Crippen molar-refractivity contribution in [3.05, 3.63) is 106 Å². The summed E-state index contributed by atoms with van der Waals surface area (Å²) < 4.78 is 0. The lowest BCUT2D eigenvalue weighted by atomic mass is 9.91. The normalized spacial score (nSPS) is 13.7. The van der Waals surface area contributed by atoms with Crippen LogP contribution in [0.25, 0.3) is 5.57 Å². The molecule has 4 N–H and O–H groups in total. The fourth-order valence-corrected chi connectivity index (χ4v) is 4.62. The number of carbonyl (C=O) groups is 3. The summed E-state index contributed by atoms with van der Waals surface area (Å²) in [7, 11) is 0. The Balaban J connectivity index is 1.55. The summed E-state index contributed by atoms with van der Waals surface area (Å²) in [5, 5.41) is 17.7. The zero-order valence-electron chi connectivity index (χ0n) is 20.9. The number of benzene rings is 3. The molecule has 0 aromatic heterocycles. The number of urea groups is 1. The molecule has 0 saturated carbocycles. The number of carbonyl (C=O) groups excluding carboxylic acids is 2. The maximum Gasteiger partial charge on any atom is 0.319 e. The van der Waals surface area contributed by atoms with Gasteiger partial charge in [0.05, 0.1) is 12.5 Å². The number of anilines is 1. The van der Waals surface area contributed by atoms with E-state index in [-0.39, 0.29) is 18.9 Å². The average molecular weight is 532 g/mol. The first kappa shape index (κ1) is 26.9. The second-order valence-corrected chi connectivity index (χ2v) is 9.60. The molecule has 38 heavy (non-hydrogen) atoms. The van der Waals surface area contributed by atoms with Gasteiger partial charge in [0.2, 0.25) is 0 Å². The highest BCUT2D eigenvalue weighted by molar-refractivity contribution is 6.30. The van der Waals surface area contributed by atoms with E-state index in [0.717, 1.165) is 24.0 Å². The van der Waals surface area contributed by atoms with Crippen LogP contribution in [0.3, 0.4) is 0 Å². The second-order valence-electron chi connectivity index (χ2n) is 9.16. The van der Waals surface area contributed by atoms with Gasteiger partial charge in [-0.2, -0.15) is 0 Å². The topological polar surface area (TPSA) is 108 Å². The predicted molar refractivity (Wildman–Crippen MR) is 149 cm³/mol. The van der Waals surface area contributed by atoms with Gasteiger partial charge in [0.25, 0.3) is 5.91 Å². The summed E-state index contributed by atoms with van der Waals surface area (Å²) in [5.41, 5.74) is 5.19. The maximum absolute atomic E-state index is 13.0. The Morgan fingerprint density at radius 1 is 0.921 bits per heavy atom. The van der Waals surface area contributed by atoms with Crippen LogP contribution < -0.4 is 16.0 Å². The van der Waals surface area contributed by atoms with Crippen molar-refractivity contribution in [3.63, 3.8) is 0 Å². The zero-order valence-corrected chi connectivity index (χ0v) is 21.6. The molecule has 1 aliphatic carbocycles. The molecule has 1 aliphatic rings. The maximum atomic E-state index is 13.0. The molecule has 3 amide bonds. The number of hydrogen-bond acceptors (Lipinski definition) is 3. The highest BCUT2D eigenvalue weighted by Crippen LogP contribution is 2.29. The summed E-state index contributed by atoms with van der Waals surface area (Å²) in [6.07, 6.45) is 6.73. The number of carboxylic acid groups (broad SMARTS) is 1. The molecule has 1 atom stereocenters. The third-order valence-corrected chi connectivity index (χ3v) is 6.63. The van der Waals surface area contributed by atoms with Gasteiger partial charge in [-0.1, -0.05) is 60.1 Å². The lowest BCUT2D eigenvalue weighted by molar-refractivity contribution is -0.136. The van der Waals surface area contributed by atoms with Crippen LogP contribution >= 0.6 is 11.6 Å². The van der Waals surface area contributed by atoms with Crippen molar-refractivity contribution in [2.45, 2.75) is 38.1 Å². The molecule has 3 aromatic carbocycles. The monoisotopic (exact) mass is 531 g/mol. The molecule has 0 aliphatic heterocycles. The smallest absolute Gasteiger partial charge is 0.319 e. The molecule has 1 unspecified atom stereocenters. The molecule has 0 radical (unpaired) electrons. The minimum absolute atomic E-state index is 0.0482. The Bertz CT molecular complexity index is 1320. The van der Waals surface area contributed by atoms with Gasteiger partial charge in [-0.05, 0) is 78.3 Å². The van der Waals surface area contributed by atoms with Crippen molar-refractivity contribution >= 4 is 40.8 Å². The largest absolute Gasteiger partial charge is 0.481 e. The fourth-order valence-electron chi connectivity index (χ4n) is 4.43. The van der Waals surface area contributed by atoms with E-state index in [9.17, 15) is 14.4 Å². The zero-order chi connectivity index (χ0) is 26.9. The number of rotatable bonds is 9. The molecular formula is C30H30ClN3O4. The highest BCUT2D eigenvalue weighted by atomic mass is 35.5. The Hall–Kier alpha value is -4.10. The molecule has 0 heterocycles. The average Bonchev–Trinajstić information content (AvgIpc) is 2.92. The summed E-state index contributed by atoms with van der Waals surface area (Å²) in [4.78, 5) is 36.0. The summed E-state index contributed by atoms with van der Waals surface area (Å²) in [5.74, 6) is -1.33. The fraction of sp³-hybridized carbons (Fsp3) is 0.233. The number of halogens is 1. The first-order valence-corrected chi connectivity index (χ1v) is 13.0. The van der Waals surface area contributed by atoms with Crippen molar-refractivity contribution in [2.75, 3.05) is 11.9 Å². The molecular weight excluding hydrogens is 502 g/mol. The van der Waals surface area contributed by atoms with Crippen LogP contribution in [0.5, 0.6) is 0 Å². The molecule has 7 nitrogen and oxygen atoms in total. The van der Waals surface area contributed by atoms with Gasteiger partial charge in [0.15, 0.2) is 0 Å². The number of hydrogen-bond donors (Lipinski definition) is 4. The van der Waals surface area contributed by atoms with E-state index >= 15 is 0 Å². The van der Waals surface area contributed by atoms with Crippen LogP contribution in [-0.4, -0.2) is 29.6 Å². The van der Waals surface area contributed by atoms with Gasteiger partial charge in [-0.15, -0.1) is 0 Å². The van der Waals surface area contributed by atoms with Gasteiger partial charge in [-0.25, -0.2) is 4.79 Å². The van der Waals surface area contributed by atoms with Crippen molar-refractivity contribution in [1.82, 2.24) is 10.6 Å². The molecule has 0 fully saturated rings. The first-order chi connectivity index (χ1) is 18.4. The molecule has 3 aromatic rings. The van der Waals surface area contributed by atoms with Gasteiger partial charge in [0, 0.05) is 22.8 Å². The lowest BCUT2D eigenvalue weighted by Gasteiger charge is -2.21. The standard InChI is InChI=1S/C30H30ClN3O4/c31-25-7-4-8-26(19-25)33-30(38)34-28(22-11-9-21(10-12-22)20-5-2-1-3-6-20)23-13-15-24(16-14-23)29(37)32-18-17-27(35)36/h4-5,7-16,19,28H,1-3,6,17-18H2,(H,32,37)(H,35,36)(H2,33,34,38). The third-order valence-electron chi connectivity index (χ3n) is 6.39. The Morgan fingerprint density at radius 2 is 1.63 bits per heavy atom. The van der Waals surface area contributed by atoms with Gasteiger partial charge < -0.3 is 21.1 Å². The van der Waals surface area contributed by atoms with Crippen molar-refractivity contribution < 1.29 is 19.5 Å². The van der Waals surface area contributed by atoms with Crippen LogP contribution in [0.2, 0.25) is 5.02 Å². The molecule has 0 spiro atoms. The quantitative estimate of drug-likeness (QED) is 0.256. The van der Waals surface area contributed by atoms with E-state index in [4.69, 9.17) is 16.7 Å². The minimum Gasteiger partial charge on any atom is -0.481 e. The van der Waals surface area contributed by atoms with E-state index in [1.165, 1.54) is 24.0 Å². The SMILES string of the molecule is O=C(O)CCNC(=O)c1ccc(C(NC(=O)Nc2cccc(Cl)c2)c2ccc(C3=CCCCC3)cc2)cc1. The van der Waals surface area contributed by atoms with E-state index in [1.54, 1.807) is 48.5 Å². The molecule has 0 bridgehead atoms. The predicted octanol–water partition coefficient (Wildman–Crippen LogP) is 6.41. The van der Waals surface area contributed by atoms with E-state index in [0.29, 0.717) is 16.3 Å². The van der Waals surface area contributed by atoms with Crippen molar-refractivity contribution in [1.29, 1.82) is 0 Å². The minimum atomic E-state index is -0.976. The van der Waals surface area contributed by atoms with E-state index in [1.807, 2.05) is 12.1 Å². The highest BCUT2D eigenvalue weighted by Gasteiger charge is 2.19. The molecule has 196 valence electrons. The first-order valence-electron chi connectivity index (χ1n) is 12.6. The number of amides is 3. The van der Waals surface area contributed by atoms with Crippen molar-refractivity contribution in [3.8, 4) is 0 Å². The summed E-state index contributed by atoms with van der Waals surface area (Å²) in [6, 6.07) is 21.1. The van der Waals surface area contributed by atoms with Crippen molar-refractivity contribution in [2.24, 2.45) is 0 Å². The summed E-state index contributed by atoms with van der Waals surface area (Å²) >= 11 is 6.05. The van der Waals surface area contributed by atoms with Crippen LogP contribution in [-0.2, 0) is 4.79 Å². The lowest BCUT2D eigenvalue weighted by Crippen LogP contribution is -2.33. The Morgan fingerprint density at radius 3 is 2.26 bits per heavy atom. The van der Waals surface area contributed by atoms with E-state index < -0.39 is 18.0 Å². The Kier molecular flexibility index (Phi) is 9.16. The van der Waals surface area contributed by atoms with Gasteiger partial charge in [0.1, 0.15) is 0 Å². The van der Waals surface area contributed by atoms with Crippen LogP contribution in [0.15, 0.2) is 78.9 Å². The number of nitrogens with one attached hydrogen (secondary N) is 3. The van der Waals surface area contributed by atoms with Gasteiger partial charge >= 0.3 is 12.0 Å². The Labute approximate surface area is 226 Å². The molecule has 4 rings (SSSR count). The van der Waals surface area contributed by atoms with Crippen LogP contribution in [0.1, 0.15) is 65.2 Å². The molecule has 8 heteroatoms. The van der Waals surface area contributed by atoms with Gasteiger partial charge in [-0.3, -0.25) is 9.59 Å². The van der Waals surface area contributed by atoms with E-state index in [2.05, 4.69) is 34.2 Å². The van der Waals surface area contributed by atoms with Crippen LogP contribution in [0.4, 0.5) is 10.5 Å². The molecule has 0 saturated heterocycles. The second kappa shape index (κ2) is 12.9.